The molecule has 25 heavy (non-hydrogen) atoms. The Morgan fingerprint density at radius 3 is 2.24 bits per heavy atom. The Morgan fingerprint density at radius 1 is 1.20 bits per heavy atom. The minimum Gasteiger partial charge on any atom is -0.398 e. The Hall–Kier alpha value is -0.425. The SMILES string of the molecule is CC(C)(C)C(CN1CCCC(CN)C1)=C(F)B1OC(C)(C)C(C)(C)O1. The van der Waals surface area contributed by atoms with Gasteiger partial charge in [-0.3, -0.25) is 4.90 Å². The number of rotatable bonds is 4. The maximum atomic E-state index is 15.5. The van der Waals surface area contributed by atoms with E-state index in [9.17, 15) is 0 Å². The summed E-state index contributed by atoms with van der Waals surface area (Å²) in [5, 5.41) is 0. The van der Waals surface area contributed by atoms with E-state index in [-0.39, 0.29) is 11.1 Å². The summed E-state index contributed by atoms with van der Waals surface area (Å²) in [4.78, 5) is 2.33. The van der Waals surface area contributed by atoms with Gasteiger partial charge < -0.3 is 15.0 Å². The van der Waals surface area contributed by atoms with Gasteiger partial charge in [0.2, 0.25) is 0 Å². The van der Waals surface area contributed by atoms with Gasteiger partial charge in [0.15, 0.2) is 0 Å². The molecule has 0 amide bonds. The molecule has 6 heteroatoms. The predicted octanol–water partition coefficient (Wildman–Crippen LogP) is 3.56. The molecule has 0 saturated carbocycles. The molecule has 0 aromatic rings. The van der Waals surface area contributed by atoms with Crippen molar-refractivity contribution in [3.63, 3.8) is 0 Å². The third-order valence-corrected chi connectivity index (χ3v) is 5.97. The van der Waals surface area contributed by atoms with Crippen LogP contribution in [0, 0.1) is 11.3 Å². The summed E-state index contributed by atoms with van der Waals surface area (Å²) in [7, 11) is -0.922. The zero-order valence-electron chi connectivity index (χ0n) is 17.1. The minimum atomic E-state index is -0.922. The Morgan fingerprint density at radius 2 is 1.76 bits per heavy atom. The third-order valence-electron chi connectivity index (χ3n) is 5.97. The highest BCUT2D eigenvalue weighted by atomic mass is 19.1. The van der Waals surface area contributed by atoms with Crippen molar-refractivity contribution in [1.29, 1.82) is 0 Å². The number of nitrogens with zero attached hydrogens (tertiary/aromatic N) is 1. The Kier molecular flexibility index (Phi) is 6.10. The molecule has 2 aliphatic heterocycles. The number of hydrogen-bond acceptors (Lipinski definition) is 4. The molecule has 144 valence electrons. The first-order chi connectivity index (χ1) is 11.4. The third kappa shape index (κ3) is 4.65. The van der Waals surface area contributed by atoms with Crippen molar-refractivity contribution in [3.05, 3.63) is 11.3 Å². The molecular weight excluding hydrogens is 318 g/mol. The molecule has 0 aromatic heterocycles. The highest BCUT2D eigenvalue weighted by molar-refractivity contribution is 6.53. The van der Waals surface area contributed by atoms with E-state index in [1.165, 1.54) is 6.42 Å². The van der Waals surface area contributed by atoms with Gasteiger partial charge in [-0.05, 0) is 70.5 Å². The van der Waals surface area contributed by atoms with Gasteiger partial charge in [-0.25, -0.2) is 4.39 Å². The average Bonchev–Trinajstić information content (AvgIpc) is 2.71. The summed E-state index contributed by atoms with van der Waals surface area (Å²) >= 11 is 0. The number of piperidine rings is 1. The van der Waals surface area contributed by atoms with Crippen molar-refractivity contribution in [2.75, 3.05) is 26.2 Å². The van der Waals surface area contributed by atoms with Crippen LogP contribution >= 0.6 is 0 Å². The second kappa shape index (κ2) is 7.30. The maximum absolute atomic E-state index is 15.5. The van der Waals surface area contributed by atoms with E-state index in [0.29, 0.717) is 19.0 Å². The molecule has 2 saturated heterocycles. The summed E-state index contributed by atoms with van der Waals surface area (Å²) in [5.41, 5.74) is 5.00. The van der Waals surface area contributed by atoms with Crippen LogP contribution in [0.2, 0.25) is 0 Å². The second-order valence-corrected chi connectivity index (χ2v) is 9.64. The minimum absolute atomic E-state index is 0.263. The van der Waals surface area contributed by atoms with Crippen molar-refractivity contribution in [2.45, 2.75) is 72.5 Å². The Balaban J connectivity index is 2.23. The molecule has 0 spiro atoms. The van der Waals surface area contributed by atoms with E-state index < -0.39 is 18.3 Å². The lowest BCUT2D eigenvalue weighted by Gasteiger charge is -2.36. The molecule has 2 fully saturated rings. The zero-order valence-corrected chi connectivity index (χ0v) is 17.1. The largest absolute Gasteiger partial charge is 0.525 e. The van der Waals surface area contributed by atoms with E-state index in [1.54, 1.807) is 0 Å². The first kappa shape index (κ1) is 20.9. The van der Waals surface area contributed by atoms with Gasteiger partial charge in [-0.1, -0.05) is 20.8 Å². The Bertz CT molecular complexity index is 498. The Labute approximate surface area is 153 Å². The van der Waals surface area contributed by atoms with Crippen molar-refractivity contribution in [1.82, 2.24) is 4.90 Å². The van der Waals surface area contributed by atoms with Gasteiger partial charge in [-0.2, -0.15) is 0 Å². The number of hydrogen-bond donors (Lipinski definition) is 1. The van der Waals surface area contributed by atoms with Gasteiger partial charge in [0.05, 0.1) is 11.2 Å². The lowest BCUT2D eigenvalue weighted by molar-refractivity contribution is 0.00578. The van der Waals surface area contributed by atoms with Crippen molar-refractivity contribution in [3.8, 4) is 0 Å². The molecule has 4 nitrogen and oxygen atoms in total. The normalized spacial score (nSPS) is 28.2. The lowest BCUT2D eigenvalue weighted by atomic mass is 9.75. The molecule has 1 atom stereocenters. The molecule has 2 heterocycles. The fraction of sp³-hybridized carbons (Fsp3) is 0.895. The first-order valence-corrected chi connectivity index (χ1v) is 9.54. The van der Waals surface area contributed by atoms with Crippen LogP contribution < -0.4 is 5.73 Å². The fourth-order valence-corrected chi connectivity index (χ4v) is 3.47. The topological polar surface area (TPSA) is 47.7 Å². The number of likely N-dealkylation sites (tertiary alicyclic amines) is 1. The molecule has 0 aromatic carbocycles. The molecule has 2 aliphatic rings. The summed E-state index contributed by atoms with van der Waals surface area (Å²) in [5.74, 6) is 0.509. The van der Waals surface area contributed by atoms with Gasteiger partial charge in [0.25, 0.3) is 0 Å². The first-order valence-electron chi connectivity index (χ1n) is 9.54. The highest BCUT2D eigenvalue weighted by Crippen LogP contribution is 2.41. The molecule has 0 bridgehead atoms. The zero-order chi connectivity index (χ0) is 19.0. The van der Waals surface area contributed by atoms with Crippen molar-refractivity contribution >= 4 is 7.12 Å². The standard InChI is InChI=1S/C19H36BFN2O2/c1-17(2,3)15(13-23-10-8-9-14(11-22)12-23)16(21)20-24-18(4,5)19(6,7)25-20/h14H,8-13,22H2,1-7H3. The van der Waals surface area contributed by atoms with Crippen LogP contribution in [-0.4, -0.2) is 49.4 Å². The molecule has 2 N–H and O–H groups in total. The monoisotopic (exact) mass is 354 g/mol. The second-order valence-electron chi connectivity index (χ2n) is 9.64. The molecule has 0 radical (unpaired) electrons. The van der Waals surface area contributed by atoms with Crippen molar-refractivity contribution in [2.24, 2.45) is 17.1 Å². The predicted molar refractivity (Wildman–Crippen MR) is 102 cm³/mol. The number of halogens is 1. The van der Waals surface area contributed by atoms with Crippen molar-refractivity contribution < 1.29 is 13.7 Å². The summed E-state index contributed by atoms with van der Waals surface area (Å²) in [6, 6.07) is 0. The summed E-state index contributed by atoms with van der Waals surface area (Å²) in [6.07, 6.45) is 2.29. The van der Waals surface area contributed by atoms with Crippen LogP contribution in [0.15, 0.2) is 11.3 Å². The maximum Gasteiger partial charge on any atom is 0.525 e. The van der Waals surface area contributed by atoms with E-state index >= 15 is 4.39 Å². The smallest absolute Gasteiger partial charge is 0.398 e. The average molecular weight is 354 g/mol. The van der Waals surface area contributed by atoms with Gasteiger partial charge in [0, 0.05) is 13.1 Å². The van der Waals surface area contributed by atoms with E-state index in [1.807, 2.05) is 27.7 Å². The van der Waals surface area contributed by atoms with E-state index in [2.05, 4.69) is 25.7 Å². The summed E-state index contributed by atoms with van der Waals surface area (Å²) in [6.45, 7) is 17.2. The summed E-state index contributed by atoms with van der Waals surface area (Å²) < 4.78 is 27.3. The van der Waals surface area contributed by atoms with Gasteiger partial charge in [0.1, 0.15) is 5.73 Å². The van der Waals surface area contributed by atoms with Crippen LogP contribution in [-0.2, 0) is 9.31 Å². The molecular formula is C19H36BFN2O2. The fourth-order valence-electron chi connectivity index (χ4n) is 3.47. The number of nitrogens with two attached hydrogens (primary N) is 1. The lowest BCUT2D eigenvalue weighted by Crippen LogP contribution is -2.41. The quantitative estimate of drug-likeness (QED) is 0.785. The van der Waals surface area contributed by atoms with Gasteiger partial charge in [-0.15, -0.1) is 0 Å². The van der Waals surface area contributed by atoms with Crippen LogP contribution in [0.5, 0.6) is 0 Å². The molecule has 2 rings (SSSR count). The highest BCUT2D eigenvalue weighted by Gasteiger charge is 2.54. The van der Waals surface area contributed by atoms with E-state index in [0.717, 1.165) is 25.1 Å². The van der Waals surface area contributed by atoms with Crippen LogP contribution in [0.4, 0.5) is 4.39 Å². The molecule has 0 aliphatic carbocycles. The molecule has 1 unspecified atom stereocenters. The van der Waals surface area contributed by atoms with Gasteiger partial charge >= 0.3 is 7.12 Å². The van der Waals surface area contributed by atoms with Crippen LogP contribution in [0.3, 0.4) is 0 Å². The van der Waals surface area contributed by atoms with E-state index in [4.69, 9.17) is 15.0 Å². The van der Waals surface area contributed by atoms with Crippen LogP contribution in [0.1, 0.15) is 61.3 Å². The van der Waals surface area contributed by atoms with Crippen LogP contribution in [0.25, 0.3) is 0 Å².